The van der Waals surface area contributed by atoms with Gasteiger partial charge in [0.15, 0.2) is 11.3 Å². The number of ether oxygens (including phenoxy) is 4. The molecule has 0 aliphatic carbocycles. The molecule has 1 N–H and O–H groups in total. The molecule has 0 radical (unpaired) electrons. The number of carbonyl (C=O) groups is 3. The molecule has 0 saturated carbocycles. The van der Waals surface area contributed by atoms with Gasteiger partial charge >= 0.3 is 6.16 Å². The Labute approximate surface area is 252 Å². The number of hydrogen-bond donors (Lipinski definition) is 1. The first kappa shape index (κ1) is 30.9. The highest BCUT2D eigenvalue weighted by Crippen LogP contribution is 2.46. The minimum atomic E-state index is -1.29. The van der Waals surface area contributed by atoms with Crippen molar-refractivity contribution in [2.75, 3.05) is 27.4 Å². The Morgan fingerprint density at radius 1 is 1.27 bits per heavy atom. The van der Waals surface area contributed by atoms with Gasteiger partial charge in [-0.1, -0.05) is 11.2 Å². The summed E-state index contributed by atoms with van der Waals surface area (Å²) in [5.74, 6) is -3.61. The third kappa shape index (κ3) is 5.70. The quantitative estimate of drug-likeness (QED) is 0.461. The molecule has 2 aromatic rings. The van der Waals surface area contributed by atoms with Crippen LogP contribution in [0.4, 0.5) is 13.6 Å². The van der Waals surface area contributed by atoms with E-state index in [9.17, 15) is 28.0 Å². The molecule has 0 unspecified atom stereocenters. The molecule has 2 bridgehead atoms. The first-order valence-corrected chi connectivity index (χ1v) is 14.0. The number of oxime groups is 1. The van der Waals surface area contributed by atoms with Crippen molar-refractivity contribution in [3.63, 3.8) is 0 Å². The number of methoxy groups -OCH3 is 2. The molecular weight excluding hydrogens is 586 g/mol. The molecule has 5 rings (SSSR count). The van der Waals surface area contributed by atoms with Gasteiger partial charge in [0.2, 0.25) is 17.1 Å². The molecular formula is C29H34F2N4O9. The second-order valence-electron chi connectivity index (χ2n) is 11.0. The predicted octanol–water partition coefficient (Wildman–Crippen LogP) is 3.15. The third-order valence-corrected chi connectivity index (χ3v) is 8.08. The number of nitrogens with zero attached hydrogens (tertiary/aromatic N) is 3. The zero-order chi connectivity index (χ0) is 31.8. The number of amides is 2. The van der Waals surface area contributed by atoms with Crippen LogP contribution in [0, 0.1) is 11.6 Å². The van der Waals surface area contributed by atoms with Crippen LogP contribution in [0.3, 0.4) is 0 Å². The highest BCUT2D eigenvalue weighted by Gasteiger charge is 2.55. The first-order valence-electron chi connectivity index (χ1n) is 14.0. The van der Waals surface area contributed by atoms with E-state index in [1.54, 1.807) is 4.90 Å². The van der Waals surface area contributed by atoms with Crippen LogP contribution < -0.4 is 15.5 Å². The van der Waals surface area contributed by atoms with E-state index in [4.69, 9.17) is 23.8 Å². The van der Waals surface area contributed by atoms with Gasteiger partial charge in [0.1, 0.15) is 23.3 Å². The maximum absolute atomic E-state index is 14.2. The van der Waals surface area contributed by atoms with Crippen LogP contribution in [0.15, 0.2) is 34.3 Å². The van der Waals surface area contributed by atoms with Crippen molar-refractivity contribution >= 4 is 23.9 Å². The first-order chi connectivity index (χ1) is 21.0. The average molecular weight is 621 g/mol. The Morgan fingerprint density at radius 2 is 2.05 bits per heavy atom. The molecule has 13 nitrogen and oxygen atoms in total. The Morgan fingerprint density at radius 3 is 2.73 bits per heavy atom. The number of carbonyl (C=O) groups excluding carboxylic acids is 3. The van der Waals surface area contributed by atoms with E-state index < -0.39 is 64.1 Å². The molecule has 2 amide bonds. The maximum Gasteiger partial charge on any atom is 0.514 e. The fourth-order valence-electron chi connectivity index (χ4n) is 5.75. The van der Waals surface area contributed by atoms with Gasteiger partial charge in [0.25, 0.3) is 11.8 Å². The second-order valence-corrected chi connectivity index (χ2v) is 11.0. The van der Waals surface area contributed by atoms with E-state index in [0.717, 1.165) is 12.1 Å². The van der Waals surface area contributed by atoms with E-state index >= 15 is 0 Å². The average Bonchev–Trinajstić information content (AvgIpc) is 3.36. The summed E-state index contributed by atoms with van der Waals surface area (Å²) in [4.78, 5) is 61.4. The summed E-state index contributed by atoms with van der Waals surface area (Å²) in [6.07, 6.45) is 0.365. The number of rotatable bonds is 7. The fourth-order valence-corrected chi connectivity index (χ4v) is 5.75. The van der Waals surface area contributed by atoms with Crippen molar-refractivity contribution in [2.24, 2.45) is 5.16 Å². The predicted molar refractivity (Wildman–Crippen MR) is 150 cm³/mol. The van der Waals surface area contributed by atoms with Crippen molar-refractivity contribution in [3.05, 3.63) is 63.1 Å². The smallest absolute Gasteiger partial charge is 0.482 e. The van der Waals surface area contributed by atoms with E-state index in [-0.39, 0.29) is 44.8 Å². The molecule has 44 heavy (non-hydrogen) atoms. The third-order valence-electron chi connectivity index (χ3n) is 8.08. The molecule has 1 spiro atoms. The second kappa shape index (κ2) is 12.2. The molecule has 1 saturated heterocycles. The topological polar surface area (TPSA) is 147 Å². The summed E-state index contributed by atoms with van der Waals surface area (Å²) in [6.45, 7) is 3.17. The SMILES string of the molecule is COC[C@@H](C)OC(=O)Oc1c2n(cc(C(=O)NCc3ccc(F)cc3F)c1=O)[C@@H]1CN(C2=O)[C@@H](C)CC[C@]12CC(OC)=NO2.[HH]. The van der Waals surface area contributed by atoms with Crippen LogP contribution in [0.25, 0.3) is 0 Å². The van der Waals surface area contributed by atoms with Gasteiger partial charge < -0.3 is 38.6 Å². The van der Waals surface area contributed by atoms with Crippen LogP contribution in [-0.4, -0.2) is 78.5 Å². The summed E-state index contributed by atoms with van der Waals surface area (Å²) >= 11 is 0. The Balaban J connectivity index is 0.00000461. The van der Waals surface area contributed by atoms with Crippen LogP contribution >= 0.6 is 0 Å². The lowest BCUT2D eigenvalue weighted by atomic mass is 9.85. The molecule has 3 aliphatic rings. The van der Waals surface area contributed by atoms with Crippen molar-refractivity contribution < 1.29 is 48.4 Å². The maximum atomic E-state index is 14.2. The molecule has 238 valence electrons. The zero-order valence-electron chi connectivity index (χ0n) is 24.6. The van der Waals surface area contributed by atoms with E-state index in [1.165, 1.54) is 31.9 Å². The summed E-state index contributed by atoms with van der Waals surface area (Å²) in [6, 6.07) is 1.88. The van der Waals surface area contributed by atoms with Crippen molar-refractivity contribution in [2.45, 2.75) is 63.4 Å². The Kier molecular flexibility index (Phi) is 8.59. The number of fused-ring (bicyclic) bond motifs is 5. The van der Waals surface area contributed by atoms with Gasteiger partial charge in [-0.2, -0.15) is 0 Å². The molecule has 1 fully saturated rings. The van der Waals surface area contributed by atoms with Crippen LogP contribution in [-0.2, 0) is 25.6 Å². The minimum absolute atomic E-state index is 0. The van der Waals surface area contributed by atoms with E-state index in [1.807, 2.05) is 6.92 Å². The van der Waals surface area contributed by atoms with Crippen LogP contribution in [0.1, 0.15) is 67.0 Å². The molecule has 15 heteroatoms. The molecule has 1 aromatic carbocycles. The number of benzene rings is 1. The lowest BCUT2D eigenvalue weighted by Gasteiger charge is -2.41. The van der Waals surface area contributed by atoms with Crippen LogP contribution in [0.5, 0.6) is 5.75 Å². The van der Waals surface area contributed by atoms with Gasteiger partial charge in [-0.05, 0) is 32.8 Å². The van der Waals surface area contributed by atoms with Crippen molar-refractivity contribution in [1.29, 1.82) is 0 Å². The van der Waals surface area contributed by atoms with Crippen LogP contribution in [0.2, 0.25) is 0 Å². The Bertz CT molecular complexity index is 1590. The summed E-state index contributed by atoms with van der Waals surface area (Å²) in [5.41, 5.74) is -2.89. The number of nitrogens with one attached hydrogen (secondary N) is 1. The fraction of sp³-hybridized carbons (Fsp3) is 0.483. The molecule has 3 aliphatic heterocycles. The number of hydrogen-bond acceptors (Lipinski definition) is 10. The van der Waals surface area contributed by atoms with E-state index in [2.05, 4.69) is 10.5 Å². The van der Waals surface area contributed by atoms with Gasteiger partial charge in [0.05, 0.1) is 26.2 Å². The summed E-state index contributed by atoms with van der Waals surface area (Å²) in [7, 11) is 2.86. The van der Waals surface area contributed by atoms with Crippen molar-refractivity contribution in [3.8, 4) is 5.75 Å². The normalized spacial score (nSPS) is 22.8. The Hall–Kier alpha value is -4.53. The highest BCUT2D eigenvalue weighted by molar-refractivity contribution is 6.00. The molecule has 4 heterocycles. The largest absolute Gasteiger partial charge is 0.514 e. The number of pyridine rings is 1. The standard InChI is InChI=1S/C29H32F2N4O9.H2/c1-15-7-8-29(10-22(41-4)33-44-29)21-13-34(15)27(38)23-25(43-28(39)42-16(2)14-40-3)24(36)19(12-35(21)23)26(37)32-11-17-5-6-18(30)9-20(17)31;/h5-6,9,12,15-16,21H,7-8,10-11,13-14H2,1-4H3,(H,32,37);1H/t15-,16+,21+,29-;/m0./s1. The van der Waals surface area contributed by atoms with E-state index in [0.29, 0.717) is 24.8 Å². The van der Waals surface area contributed by atoms with Gasteiger partial charge in [-0.15, -0.1) is 0 Å². The minimum Gasteiger partial charge on any atom is -0.482 e. The number of aromatic nitrogens is 1. The molecule has 4 atom stereocenters. The van der Waals surface area contributed by atoms with Gasteiger partial charge in [-0.25, -0.2) is 13.6 Å². The monoisotopic (exact) mass is 620 g/mol. The lowest BCUT2D eigenvalue weighted by molar-refractivity contribution is -0.0655. The van der Waals surface area contributed by atoms with Gasteiger partial charge in [0, 0.05) is 45.5 Å². The lowest BCUT2D eigenvalue weighted by Crippen LogP contribution is -2.52. The number of halogens is 2. The zero-order valence-corrected chi connectivity index (χ0v) is 24.6. The highest BCUT2D eigenvalue weighted by atomic mass is 19.1. The van der Waals surface area contributed by atoms with Crippen molar-refractivity contribution in [1.82, 2.24) is 14.8 Å². The summed E-state index contributed by atoms with van der Waals surface area (Å²) < 4.78 is 49.9. The van der Waals surface area contributed by atoms with Gasteiger partial charge in [-0.3, -0.25) is 14.4 Å². The summed E-state index contributed by atoms with van der Waals surface area (Å²) in [5, 5.41) is 6.51. The molecule has 1 aromatic heterocycles.